The molecule has 2 aliphatic rings. The molecule has 0 spiro atoms. The summed E-state index contributed by atoms with van der Waals surface area (Å²) >= 11 is -0.364. The van der Waals surface area contributed by atoms with Crippen LogP contribution < -0.4 is 4.48 Å². The molecule has 2 aromatic heterocycles. The zero-order chi connectivity index (χ0) is 16.7. The van der Waals surface area contributed by atoms with Crippen LogP contribution in [0.2, 0.25) is 4.71 Å². The van der Waals surface area contributed by atoms with Crippen molar-refractivity contribution in [1.82, 2.24) is 19.5 Å². The van der Waals surface area contributed by atoms with Gasteiger partial charge in [-0.05, 0) is 0 Å². The molecule has 2 fully saturated rings. The fourth-order valence-electron chi connectivity index (χ4n) is 3.30. The zero-order valence-corrected chi connectivity index (χ0v) is 15.1. The van der Waals surface area contributed by atoms with Gasteiger partial charge in [-0.2, -0.15) is 0 Å². The van der Waals surface area contributed by atoms with Crippen LogP contribution in [0.5, 0.6) is 0 Å². The number of nitrogens with zero attached hydrogens (tertiary/aromatic N) is 4. The number of alkyl halides is 3. The molecule has 2 saturated carbocycles. The van der Waals surface area contributed by atoms with E-state index in [-0.39, 0.29) is 21.8 Å². The Morgan fingerprint density at radius 2 is 1.71 bits per heavy atom. The fraction of sp³-hybridized carbons (Fsp3) is 0.688. The van der Waals surface area contributed by atoms with Gasteiger partial charge >= 0.3 is 145 Å². The van der Waals surface area contributed by atoms with Gasteiger partial charge in [0.1, 0.15) is 0 Å². The average Bonchev–Trinajstić information content (AvgIpc) is 3.29. The molecule has 1 radical (unpaired) electrons. The summed E-state index contributed by atoms with van der Waals surface area (Å²) < 4.78 is 42.7. The molecule has 24 heavy (non-hydrogen) atoms. The Labute approximate surface area is 145 Å². The minimum atomic E-state index is -4.51. The van der Waals surface area contributed by atoms with Gasteiger partial charge in [-0.25, -0.2) is 0 Å². The van der Waals surface area contributed by atoms with Crippen molar-refractivity contribution in [2.24, 2.45) is 0 Å². The van der Waals surface area contributed by atoms with Gasteiger partial charge in [0.05, 0.1) is 0 Å². The number of imidazole rings is 1. The van der Waals surface area contributed by atoms with E-state index in [1.54, 1.807) is 6.33 Å². The monoisotopic (exact) mass is 399 g/mol. The summed E-state index contributed by atoms with van der Waals surface area (Å²) in [7, 11) is 0. The first-order chi connectivity index (χ1) is 11.5. The second kappa shape index (κ2) is 6.32. The molecule has 4 rings (SSSR count). The number of hydrogen-bond acceptors (Lipinski definition) is 3. The molecule has 0 amide bonds. The molecular formula is C16H19AsF3N4. The zero-order valence-electron chi connectivity index (χ0n) is 13.3. The van der Waals surface area contributed by atoms with Gasteiger partial charge in [-0.1, -0.05) is 0 Å². The third kappa shape index (κ3) is 3.32. The van der Waals surface area contributed by atoms with Crippen LogP contribution in [0.1, 0.15) is 63.2 Å². The summed E-state index contributed by atoms with van der Waals surface area (Å²) in [6.45, 7) is 0. The van der Waals surface area contributed by atoms with Crippen molar-refractivity contribution in [3.05, 3.63) is 12.2 Å². The summed E-state index contributed by atoms with van der Waals surface area (Å²) in [5.74, 6) is -1.00. The predicted octanol–water partition coefficient (Wildman–Crippen LogP) is 3.65. The summed E-state index contributed by atoms with van der Waals surface area (Å²) in [6, 6.07) is 0.207. The van der Waals surface area contributed by atoms with Crippen LogP contribution in [-0.2, 0) is 6.18 Å². The van der Waals surface area contributed by atoms with E-state index in [0.29, 0.717) is 20.4 Å². The van der Waals surface area contributed by atoms with Crippen molar-refractivity contribution in [2.45, 2.75) is 68.3 Å². The van der Waals surface area contributed by atoms with Crippen molar-refractivity contribution in [1.29, 1.82) is 0 Å². The second-order valence-corrected chi connectivity index (χ2v) is 9.66. The summed E-state index contributed by atoms with van der Waals surface area (Å²) in [6.07, 6.45) is 5.99. The second-order valence-electron chi connectivity index (χ2n) is 6.70. The van der Waals surface area contributed by atoms with E-state index in [0.717, 1.165) is 38.5 Å². The molecule has 0 bridgehead atoms. The first kappa shape index (κ1) is 16.4. The molecule has 0 atom stereocenters. The fourth-order valence-corrected chi connectivity index (χ4v) is 5.79. The molecule has 0 aromatic carbocycles. The van der Waals surface area contributed by atoms with Crippen molar-refractivity contribution < 1.29 is 13.2 Å². The van der Waals surface area contributed by atoms with E-state index in [2.05, 4.69) is 15.0 Å². The number of fused-ring (bicyclic) bond motifs is 1. The third-order valence-electron chi connectivity index (χ3n) is 4.73. The molecule has 0 saturated heterocycles. The number of halogens is 3. The Balaban J connectivity index is 1.80. The summed E-state index contributed by atoms with van der Waals surface area (Å²) in [4.78, 5) is 12.2. The molecule has 0 N–H and O–H groups in total. The van der Waals surface area contributed by atoms with Crippen LogP contribution in [-0.4, -0.2) is 35.3 Å². The molecule has 4 nitrogen and oxygen atoms in total. The molecule has 2 aromatic rings. The van der Waals surface area contributed by atoms with Crippen LogP contribution in [0.15, 0.2) is 6.33 Å². The van der Waals surface area contributed by atoms with Crippen LogP contribution in [0.3, 0.4) is 0 Å². The van der Waals surface area contributed by atoms with E-state index in [4.69, 9.17) is 0 Å². The van der Waals surface area contributed by atoms with Gasteiger partial charge in [0.2, 0.25) is 0 Å². The van der Waals surface area contributed by atoms with E-state index >= 15 is 0 Å². The third-order valence-corrected chi connectivity index (χ3v) is 7.74. The normalized spacial score (nSPS) is 21.0. The molecular weight excluding hydrogens is 380 g/mol. The SMILES string of the molecule is FC(F)(F)c1nc([As]C2CC2)c2ncn(C3CCCCCC3)c2n1. The van der Waals surface area contributed by atoms with Crippen LogP contribution in [0.25, 0.3) is 11.2 Å². The average molecular weight is 399 g/mol. The first-order valence-electron chi connectivity index (χ1n) is 8.55. The van der Waals surface area contributed by atoms with Crippen LogP contribution in [0, 0.1) is 0 Å². The quantitative estimate of drug-likeness (QED) is 0.585. The number of rotatable bonds is 3. The maximum atomic E-state index is 13.2. The van der Waals surface area contributed by atoms with Crippen molar-refractivity contribution >= 4 is 31.4 Å². The maximum absolute atomic E-state index is 13.2. The summed E-state index contributed by atoms with van der Waals surface area (Å²) in [5, 5.41) is 0. The molecule has 8 heteroatoms. The van der Waals surface area contributed by atoms with E-state index in [9.17, 15) is 13.2 Å². The van der Waals surface area contributed by atoms with Gasteiger partial charge in [0.25, 0.3) is 0 Å². The Bertz CT molecular complexity index is 731. The van der Waals surface area contributed by atoms with E-state index in [1.807, 2.05) is 4.57 Å². The Morgan fingerprint density at radius 1 is 1.00 bits per heavy atom. The van der Waals surface area contributed by atoms with E-state index < -0.39 is 12.0 Å². The molecule has 2 aliphatic carbocycles. The minimum absolute atomic E-state index is 0.207. The Morgan fingerprint density at radius 3 is 2.33 bits per heavy atom. The van der Waals surface area contributed by atoms with Gasteiger partial charge in [-0.3, -0.25) is 0 Å². The number of aromatic nitrogens is 4. The molecule has 0 aliphatic heterocycles. The van der Waals surface area contributed by atoms with Crippen molar-refractivity contribution in [3.63, 3.8) is 0 Å². The Hall–Kier alpha value is -1.10. The van der Waals surface area contributed by atoms with Gasteiger partial charge < -0.3 is 0 Å². The summed E-state index contributed by atoms with van der Waals surface area (Å²) in [5.41, 5.74) is 0.981. The van der Waals surface area contributed by atoms with Crippen LogP contribution in [0.4, 0.5) is 13.2 Å². The van der Waals surface area contributed by atoms with Crippen LogP contribution >= 0.6 is 0 Å². The Kier molecular flexibility index (Phi) is 4.31. The molecule has 2 heterocycles. The van der Waals surface area contributed by atoms with Crippen molar-refractivity contribution in [3.8, 4) is 0 Å². The van der Waals surface area contributed by atoms with Gasteiger partial charge in [-0.15, -0.1) is 0 Å². The van der Waals surface area contributed by atoms with Gasteiger partial charge in [0, 0.05) is 0 Å². The number of hydrogen-bond donors (Lipinski definition) is 0. The topological polar surface area (TPSA) is 43.6 Å². The molecule has 129 valence electrons. The standard InChI is InChI=1S/C16H19AsF3N4/c18-16(19,20)15-22-13(17-10-7-8-10)12-14(23-15)24(9-21-12)11-5-3-1-2-4-6-11/h9-11H,1-8H2. The van der Waals surface area contributed by atoms with Crippen molar-refractivity contribution in [2.75, 3.05) is 0 Å². The first-order valence-corrected chi connectivity index (χ1v) is 10.6. The molecule has 0 unspecified atom stereocenters. The predicted molar refractivity (Wildman–Crippen MR) is 85.4 cm³/mol. The van der Waals surface area contributed by atoms with E-state index in [1.165, 1.54) is 12.8 Å². The van der Waals surface area contributed by atoms with Gasteiger partial charge in [0.15, 0.2) is 0 Å².